The molecule has 1 N–H and O–H groups in total. The van der Waals surface area contributed by atoms with Crippen LogP contribution in [0, 0.1) is 0 Å². The van der Waals surface area contributed by atoms with Gasteiger partial charge in [-0.05, 0) is 21.0 Å². The Hall–Kier alpha value is -1.07. The third-order valence-corrected chi connectivity index (χ3v) is 2.24. The molecule has 1 rings (SSSR count). The van der Waals surface area contributed by atoms with E-state index in [2.05, 4.69) is 36.3 Å². The number of aromatic nitrogens is 2. The number of anilines is 1. The van der Waals surface area contributed by atoms with Crippen molar-refractivity contribution in [1.82, 2.24) is 14.7 Å². The molecule has 0 spiro atoms. The first-order valence-corrected chi connectivity index (χ1v) is 5.54. The van der Waals surface area contributed by atoms with E-state index in [0.29, 0.717) is 12.6 Å². The van der Waals surface area contributed by atoms with Gasteiger partial charge in [-0.3, -0.25) is 4.68 Å². The second kappa shape index (κ2) is 6.50. The summed E-state index contributed by atoms with van der Waals surface area (Å²) in [6, 6.07) is 0.302. The Morgan fingerprint density at radius 2 is 2.31 bits per heavy atom. The number of methoxy groups -OCH3 is 1. The van der Waals surface area contributed by atoms with Gasteiger partial charge in [-0.25, -0.2) is 0 Å². The highest BCUT2D eigenvalue weighted by Crippen LogP contribution is 2.06. The average molecular weight is 226 g/mol. The molecule has 0 amide bonds. The van der Waals surface area contributed by atoms with Crippen molar-refractivity contribution in [3.05, 3.63) is 12.4 Å². The monoisotopic (exact) mass is 226 g/mol. The standard InChI is InChI=1S/C11H22N4O/c1-10(9-16-4)13-11-7-12-15(8-11)6-5-14(2)3/h7-8,10,13H,5-6,9H2,1-4H3. The van der Waals surface area contributed by atoms with Gasteiger partial charge in [0.05, 0.1) is 25.0 Å². The zero-order valence-corrected chi connectivity index (χ0v) is 10.6. The lowest BCUT2D eigenvalue weighted by molar-refractivity contribution is 0.190. The van der Waals surface area contributed by atoms with Crippen LogP contribution in [0.3, 0.4) is 0 Å². The molecular formula is C11H22N4O. The van der Waals surface area contributed by atoms with Gasteiger partial charge in [-0.15, -0.1) is 0 Å². The van der Waals surface area contributed by atoms with Crippen LogP contribution in [0.15, 0.2) is 12.4 Å². The van der Waals surface area contributed by atoms with Crippen LogP contribution in [-0.2, 0) is 11.3 Å². The summed E-state index contributed by atoms with van der Waals surface area (Å²) >= 11 is 0. The number of hydrogen-bond acceptors (Lipinski definition) is 4. The molecule has 92 valence electrons. The average Bonchev–Trinajstić information content (AvgIpc) is 2.63. The van der Waals surface area contributed by atoms with Crippen molar-refractivity contribution >= 4 is 5.69 Å². The van der Waals surface area contributed by atoms with Crippen LogP contribution in [0.2, 0.25) is 0 Å². The fraction of sp³-hybridized carbons (Fsp3) is 0.727. The molecule has 0 radical (unpaired) electrons. The second-order valence-corrected chi connectivity index (χ2v) is 4.30. The molecule has 0 aromatic carbocycles. The Kier molecular flexibility index (Phi) is 5.28. The second-order valence-electron chi connectivity index (χ2n) is 4.30. The van der Waals surface area contributed by atoms with Gasteiger partial charge in [0.25, 0.3) is 0 Å². The van der Waals surface area contributed by atoms with Gasteiger partial charge < -0.3 is 15.0 Å². The summed E-state index contributed by atoms with van der Waals surface area (Å²) in [5.41, 5.74) is 1.04. The highest BCUT2D eigenvalue weighted by atomic mass is 16.5. The SMILES string of the molecule is COCC(C)Nc1cnn(CCN(C)C)c1. The highest BCUT2D eigenvalue weighted by molar-refractivity contribution is 5.39. The Bertz CT molecular complexity index is 298. The zero-order valence-electron chi connectivity index (χ0n) is 10.6. The summed E-state index contributed by atoms with van der Waals surface area (Å²) in [7, 11) is 5.82. The van der Waals surface area contributed by atoms with Crippen LogP contribution >= 0.6 is 0 Å². The summed E-state index contributed by atoms with van der Waals surface area (Å²) in [5, 5.41) is 7.62. The molecule has 5 heteroatoms. The molecule has 0 aliphatic carbocycles. The van der Waals surface area contributed by atoms with E-state index in [9.17, 15) is 0 Å². The summed E-state index contributed by atoms with van der Waals surface area (Å²) in [5.74, 6) is 0. The molecule has 0 saturated heterocycles. The van der Waals surface area contributed by atoms with Crippen LogP contribution in [-0.4, -0.2) is 55.1 Å². The van der Waals surface area contributed by atoms with E-state index in [-0.39, 0.29) is 0 Å². The first-order valence-electron chi connectivity index (χ1n) is 5.54. The lowest BCUT2D eigenvalue weighted by Crippen LogP contribution is -2.20. The van der Waals surface area contributed by atoms with E-state index in [1.54, 1.807) is 7.11 Å². The van der Waals surface area contributed by atoms with Crippen LogP contribution in [0.5, 0.6) is 0 Å². The van der Waals surface area contributed by atoms with E-state index in [1.807, 2.05) is 17.1 Å². The molecule has 1 heterocycles. The molecule has 5 nitrogen and oxygen atoms in total. The van der Waals surface area contributed by atoms with Crippen molar-refractivity contribution in [2.45, 2.75) is 19.5 Å². The maximum Gasteiger partial charge on any atom is 0.0729 e. The van der Waals surface area contributed by atoms with Crippen molar-refractivity contribution in [2.24, 2.45) is 0 Å². The molecule has 0 aliphatic rings. The maximum absolute atomic E-state index is 5.07. The molecule has 1 aromatic heterocycles. The van der Waals surface area contributed by atoms with Crippen molar-refractivity contribution in [2.75, 3.05) is 39.7 Å². The summed E-state index contributed by atoms with van der Waals surface area (Å²) in [6.07, 6.45) is 3.87. The van der Waals surface area contributed by atoms with Gasteiger partial charge in [0.2, 0.25) is 0 Å². The van der Waals surface area contributed by atoms with Crippen molar-refractivity contribution in [3.8, 4) is 0 Å². The fourth-order valence-corrected chi connectivity index (χ4v) is 1.44. The van der Waals surface area contributed by atoms with Gasteiger partial charge in [-0.1, -0.05) is 0 Å². The summed E-state index contributed by atoms with van der Waals surface area (Å²) < 4.78 is 7.01. The largest absolute Gasteiger partial charge is 0.383 e. The van der Waals surface area contributed by atoms with E-state index >= 15 is 0 Å². The van der Waals surface area contributed by atoms with E-state index in [4.69, 9.17) is 4.74 Å². The molecule has 1 atom stereocenters. The van der Waals surface area contributed by atoms with Gasteiger partial charge in [0.1, 0.15) is 0 Å². The number of likely N-dealkylation sites (N-methyl/N-ethyl adjacent to an activating group) is 1. The Morgan fingerprint density at radius 3 is 2.94 bits per heavy atom. The predicted octanol–water partition coefficient (Wildman–Crippen LogP) is 0.891. The molecule has 1 aromatic rings. The normalized spacial score (nSPS) is 13.1. The molecule has 0 saturated carbocycles. The van der Waals surface area contributed by atoms with Crippen molar-refractivity contribution in [1.29, 1.82) is 0 Å². The zero-order chi connectivity index (χ0) is 12.0. The van der Waals surface area contributed by atoms with Crippen LogP contribution in [0.1, 0.15) is 6.92 Å². The van der Waals surface area contributed by atoms with E-state index in [1.165, 1.54) is 0 Å². The van der Waals surface area contributed by atoms with Gasteiger partial charge >= 0.3 is 0 Å². The number of nitrogens with zero attached hydrogens (tertiary/aromatic N) is 3. The minimum atomic E-state index is 0.302. The first kappa shape index (κ1) is 13.0. The number of rotatable bonds is 7. The molecule has 0 fully saturated rings. The van der Waals surface area contributed by atoms with E-state index in [0.717, 1.165) is 18.8 Å². The smallest absolute Gasteiger partial charge is 0.0729 e. The number of ether oxygens (including phenoxy) is 1. The third-order valence-electron chi connectivity index (χ3n) is 2.24. The Morgan fingerprint density at radius 1 is 1.56 bits per heavy atom. The number of nitrogens with one attached hydrogen (secondary N) is 1. The van der Waals surface area contributed by atoms with E-state index < -0.39 is 0 Å². The minimum Gasteiger partial charge on any atom is -0.383 e. The molecule has 0 bridgehead atoms. The van der Waals surface area contributed by atoms with Crippen molar-refractivity contribution in [3.63, 3.8) is 0 Å². The minimum absolute atomic E-state index is 0.302. The van der Waals surface area contributed by atoms with Crippen LogP contribution in [0.4, 0.5) is 5.69 Å². The van der Waals surface area contributed by atoms with Crippen LogP contribution in [0.25, 0.3) is 0 Å². The molecule has 16 heavy (non-hydrogen) atoms. The predicted molar refractivity (Wildman–Crippen MR) is 65.7 cm³/mol. The molecule has 0 aliphatic heterocycles. The lowest BCUT2D eigenvalue weighted by atomic mass is 10.3. The van der Waals surface area contributed by atoms with Gasteiger partial charge in [-0.2, -0.15) is 5.10 Å². The van der Waals surface area contributed by atoms with Crippen molar-refractivity contribution < 1.29 is 4.74 Å². The number of hydrogen-bond donors (Lipinski definition) is 1. The topological polar surface area (TPSA) is 42.3 Å². The van der Waals surface area contributed by atoms with Gasteiger partial charge in [0, 0.05) is 25.9 Å². The third kappa shape index (κ3) is 4.63. The summed E-state index contributed by atoms with van der Waals surface area (Å²) in [4.78, 5) is 2.14. The quantitative estimate of drug-likeness (QED) is 0.750. The summed E-state index contributed by atoms with van der Waals surface area (Å²) in [6.45, 7) is 4.69. The fourth-order valence-electron chi connectivity index (χ4n) is 1.44. The molecule has 1 unspecified atom stereocenters. The lowest BCUT2D eigenvalue weighted by Gasteiger charge is -2.12. The Labute approximate surface area is 97.4 Å². The first-order chi connectivity index (χ1) is 7.61. The maximum atomic E-state index is 5.07. The van der Waals surface area contributed by atoms with Gasteiger partial charge in [0.15, 0.2) is 0 Å². The highest BCUT2D eigenvalue weighted by Gasteiger charge is 2.03. The molecular weight excluding hydrogens is 204 g/mol. The van der Waals surface area contributed by atoms with Crippen LogP contribution < -0.4 is 5.32 Å². The Balaban J connectivity index is 2.39.